The van der Waals surface area contributed by atoms with E-state index in [-0.39, 0.29) is 6.61 Å². The molecule has 1 amide bonds. The van der Waals surface area contributed by atoms with Gasteiger partial charge in [-0.15, -0.1) is 11.5 Å². The van der Waals surface area contributed by atoms with Crippen molar-refractivity contribution in [2.75, 3.05) is 11.7 Å². The van der Waals surface area contributed by atoms with Gasteiger partial charge in [0.2, 0.25) is 0 Å². The Morgan fingerprint density at radius 2 is 2.00 bits per heavy atom. The zero-order valence-electron chi connectivity index (χ0n) is 12.0. The molecular weight excluding hydrogens is 282 g/mol. The molecule has 0 saturated carbocycles. The third-order valence-corrected chi connectivity index (χ3v) is 2.83. The van der Waals surface area contributed by atoms with Gasteiger partial charge in [-0.25, -0.2) is 4.79 Å². The molecular formula is C17H15NO4. The molecule has 0 aliphatic rings. The SMILES string of the molecule is C#CCOc1cc(ON(C(=O)O)c2ccccc2)ccc1C. The molecule has 0 aliphatic carbocycles. The molecule has 0 atom stereocenters. The van der Waals surface area contributed by atoms with Crippen LogP contribution >= 0.6 is 0 Å². The van der Waals surface area contributed by atoms with E-state index in [4.69, 9.17) is 16.0 Å². The second kappa shape index (κ2) is 7.04. The number of benzene rings is 2. The number of nitrogens with zero attached hydrogens (tertiary/aromatic N) is 1. The summed E-state index contributed by atoms with van der Waals surface area (Å²) in [6, 6.07) is 13.6. The summed E-state index contributed by atoms with van der Waals surface area (Å²) in [6.07, 6.45) is 3.94. The third-order valence-electron chi connectivity index (χ3n) is 2.83. The van der Waals surface area contributed by atoms with Crippen molar-refractivity contribution in [3.8, 4) is 23.8 Å². The van der Waals surface area contributed by atoms with E-state index in [2.05, 4.69) is 5.92 Å². The minimum absolute atomic E-state index is 0.131. The molecule has 0 unspecified atom stereocenters. The van der Waals surface area contributed by atoms with E-state index in [1.165, 1.54) is 0 Å². The summed E-state index contributed by atoms with van der Waals surface area (Å²) in [5.41, 5.74) is 1.28. The second-order valence-electron chi connectivity index (χ2n) is 4.42. The Bertz CT molecular complexity index is 692. The molecule has 1 N–H and O–H groups in total. The number of hydroxylamine groups is 1. The molecule has 2 rings (SSSR count). The normalized spacial score (nSPS) is 9.64. The summed E-state index contributed by atoms with van der Waals surface area (Å²) >= 11 is 0. The first-order valence-corrected chi connectivity index (χ1v) is 6.55. The van der Waals surface area contributed by atoms with Crippen molar-refractivity contribution in [2.24, 2.45) is 0 Å². The predicted octanol–water partition coefficient (Wildman–Crippen LogP) is 3.49. The molecule has 0 spiro atoms. The first-order valence-electron chi connectivity index (χ1n) is 6.55. The maximum atomic E-state index is 11.4. The van der Waals surface area contributed by atoms with Crippen LogP contribution in [0.25, 0.3) is 0 Å². The maximum absolute atomic E-state index is 11.4. The highest BCUT2D eigenvalue weighted by Crippen LogP contribution is 2.26. The van der Waals surface area contributed by atoms with E-state index < -0.39 is 6.09 Å². The summed E-state index contributed by atoms with van der Waals surface area (Å²) in [6.45, 7) is 1.99. The summed E-state index contributed by atoms with van der Waals surface area (Å²) in [4.78, 5) is 16.8. The number of terminal acetylenes is 1. The Labute approximate surface area is 128 Å². The van der Waals surface area contributed by atoms with Crippen molar-refractivity contribution in [2.45, 2.75) is 6.92 Å². The fourth-order valence-corrected chi connectivity index (χ4v) is 1.78. The van der Waals surface area contributed by atoms with Crippen LogP contribution in [0, 0.1) is 19.3 Å². The topological polar surface area (TPSA) is 59.0 Å². The Kier molecular flexibility index (Phi) is 4.89. The van der Waals surface area contributed by atoms with Crippen molar-refractivity contribution in [3.05, 3.63) is 54.1 Å². The van der Waals surface area contributed by atoms with Crippen molar-refractivity contribution in [3.63, 3.8) is 0 Å². The zero-order valence-corrected chi connectivity index (χ0v) is 12.0. The van der Waals surface area contributed by atoms with Gasteiger partial charge in [-0.2, -0.15) is 0 Å². The largest absolute Gasteiger partial charge is 0.481 e. The van der Waals surface area contributed by atoms with Crippen LogP contribution in [0.5, 0.6) is 11.5 Å². The van der Waals surface area contributed by atoms with Gasteiger partial charge < -0.3 is 14.7 Å². The zero-order chi connectivity index (χ0) is 15.9. The smallest absolute Gasteiger partial charge is 0.445 e. The van der Waals surface area contributed by atoms with E-state index >= 15 is 0 Å². The van der Waals surface area contributed by atoms with Crippen LogP contribution < -0.4 is 14.6 Å². The lowest BCUT2D eigenvalue weighted by atomic mass is 10.2. The van der Waals surface area contributed by atoms with Crippen LogP contribution in [0.3, 0.4) is 0 Å². The monoisotopic (exact) mass is 297 g/mol. The lowest BCUT2D eigenvalue weighted by Gasteiger charge is -2.19. The van der Waals surface area contributed by atoms with Crippen molar-refractivity contribution in [1.29, 1.82) is 0 Å². The van der Waals surface area contributed by atoms with E-state index in [0.717, 1.165) is 10.6 Å². The number of anilines is 1. The van der Waals surface area contributed by atoms with Crippen molar-refractivity contribution < 1.29 is 19.5 Å². The number of carboxylic acid groups (broad SMARTS) is 1. The van der Waals surface area contributed by atoms with Crippen molar-refractivity contribution in [1.82, 2.24) is 0 Å². The minimum atomic E-state index is -1.22. The molecule has 0 bridgehead atoms. The minimum Gasteiger partial charge on any atom is -0.481 e. The fraction of sp³-hybridized carbons (Fsp3) is 0.118. The maximum Gasteiger partial charge on any atom is 0.445 e. The van der Waals surface area contributed by atoms with E-state index in [1.807, 2.05) is 6.92 Å². The van der Waals surface area contributed by atoms with Gasteiger partial charge >= 0.3 is 6.09 Å². The van der Waals surface area contributed by atoms with Crippen LogP contribution in [0.2, 0.25) is 0 Å². The number of amides is 1. The summed E-state index contributed by atoms with van der Waals surface area (Å²) in [7, 11) is 0. The Balaban J connectivity index is 2.24. The molecule has 5 nitrogen and oxygen atoms in total. The lowest BCUT2D eigenvalue weighted by molar-refractivity contribution is 0.168. The molecule has 22 heavy (non-hydrogen) atoms. The molecule has 5 heteroatoms. The number of para-hydroxylation sites is 1. The number of ether oxygens (including phenoxy) is 1. The lowest BCUT2D eigenvalue weighted by Crippen LogP contribution is -2.32. The van der Waals surface area contributed by atoms with E-state index in [1.54, 1.807) is 48.5 Å². The highest BCUT2D eigenvalue weighted by molar-refractivity contribution is 5.84. The number of carbonyl (C=O) groups is 1. The van der Waals surface area contributed by atoms with Crippen molar-refractivity contribution >= 4 is 11.8 Å². The average Bonchev–Trinajstić information content (AvgIpc) is 2.53. The molecule has 0 saturated heterocycles. The fourth-order valence-electron chi connectivity index (χ4n) is 1.78. The second-order valence-corrected chi connectivity index (χ2v) is 4.42. The van der Waals surface area contributed by atoms with Gasteiger partial charge in [0, 0.05) is 6.07 Å². The summed E-state index contributed by atoms with van der Waals surface area (Å²) < 4.78 is 5.39. The van der Waals surface area contributed by atoms with E-state index in [9.17, 15) is 9.90 Å². The van der Waals surface area contributed by atoms with Crippen LogP contribution in [-0.4, -0.2) is 17.8 Å². The van der Waals surface area contributed by atoms with Crippen LogP contribution in [0.4, 0.5) is 10.5 Å². The van der Waals surface area contributed by atoms with Crippen LogP contribution in [-0.2, 0) is 0 Å². The number of hydrogen-bond acceptors (Lipinski definition) is 3. The molecule has 0 heterocycles. The molecule has 0 aromatic heterocycles. The van der Waals surface area contributed by atoms with Gasteiger partial charge in [0.15, 0.2) is 5.75 Å². The highest BCUT2D eigenvalue weighted by atomic mass is 16.7. The summed E-state index contributed by atoms with van der Waals surface area (Å²) in [5, 5.41) is 10.1. The molecule has 112 valence electrons. The molecule has 0 fully saturated rings. The van der Waals surface area contributed by atoms with Crippen LogP contribution in [0.15, 0.2) is 48.5 Å². The summed E-state index contributed by atoms with van der Waals surface area (Å²) in [5.74, 6) is 3.27. The Morgan fingerprint density at radius 1 is 1.27 bits per heavy atom. The van der Waals surface area contributed by atoms with Gasteiger partial charge in [0.05, 0.1) is 5.69 Å². The predicted molar refractivity (Wildman–Crippen MR) is 83.1 cm³/mol. The molecule has 0 aliphatic heterocycles. The van der Waals surface area contributed by atoms with Gasteiger partial charge in [0.25, 0.3) is 0 Å². The Hall–Kier alpha value is -3.13. The van der Waals surface area contributed by atoms with Gasteiger partial charge in [-0.3, -0.25) is 0 Å². The quantitative estimate of drug-likeness (QED) is 0.678. The molecule has 2 aromatic rings. The Morgan fingerprint density at radius 3 is 2.64 bits per heavy atom. The molecule has 0 radical (unpaired) electrons. The molecule has 2 aromatic carbocycles. The van der Waals surface area contributed by atoms with Crippen LogP contribution in [0.1, 0.15) is 5.56 Å². The first kappa shape index (κ1) is 15.3. The number of hydrogen-bond donors (Lipinski definition) is 1. The first-order chi connectivity index (χ1) is 10.6. The number of rotatable bonds is 5. The highest BCUT2D eigenvalue weighted by Gasteiger charge is 2.17. The third kappa shape index (κ3) is 3.70. The van der Waals surface area contributed by atoms with Gasteiger partial charge in [-0.1, -0.05) is 30.2 Å². The average molecular weight is 297 g/mol. The van der Waals surface area contributed by atoms with E-state index in [0.29, 0.717) is 17.2 Å². The van der Waals surface area contributed by atoms with Gasteiger partial charge in [-0.05, 0) is 30.7 Å². The number of aryl methyl sites for hydroxylation is 1. The van der Waals surface area contributed by atoms with Gasteiger partial charge in [0.1, 0.15) is 12.4 Å². The standard InChI is InChI=1S/C17H15NO4/c1-3-11-21-16-12-15(10-9-13(16)2)22-18(17(19)20)14-7-5-4-6-8-14/h1,4-10,12H,11H2,2H3,(H,19,20).